The van der Waals surface area contributed by atoms with Crippen molar-refractivity contribution in [1.82, 2.24) is 24.9 Å². The van der Waals surface area contributed by atoms with Gasteiger partial charge in [0.1, 0.15) is 17.5 Å². The molecule has 3 heterocycles. The van der Waals surface area contributed by atoms with E-state index in [2.05, 4.69) is 30.2 Å². The lowest BCUT2D eigenvalue weighted by Crippen LogP contribution is -2.01. The van der Waals surface area contributed by atoms with E-state index in [0.29, 0.717) is 46.0 Å². The summed E-state index contributed by atoms with van der Waals surface area (Å²) >= 11 is 0. The fourth-order valence-corrected chi connectivity index (χ4v) is 3.01. The molecule has 0 bridgehead atoms. The van der Waals surface area contributed by atoms with Crippen molar-refractivity contribution in [2.45, 2.75) is 13.3 Å². The maximum Gasteiger partial charge on any atom is 0.338 e. The number of hydrogen-bond acceptors (Lipinski definition) is 7. The van der Waals surface area contributed by atoms with Gasteiger partial charge in [0.2, 0.25) is 0 Å². The predicted molar refractivity (Wildman–Crippen MR) is 106 cm³/mol. The predicted octanol–water partition coefficient (Wildman–Crippen LogP) is 3.29. The van der Waals surface area contributed by atoms with Gasteiger partial charge in [-0.25, -0.2) is 24.7 Å². The summed E-state index contributed by atoms with van der Waals surface area (Å²) in [5, 5.41) is 22.3. The summed E-state index contributed by atoms with van der Waals surface area (Å²) in [7, 11) is 0. The maximum absolute atomic E-state index is 11.7. The Bertz CT molecular complexity index is 1270. The standard InChI is InChI=1S/C20H15N7O2/c1-2-15-26-17(16-13(20(28)29)10-24-19(16)27-15)11-4-3-5-12(8-11)25-18-14(9-21)22-6-7-23-18/h3-8,10H,2H2,1H3,(H,23,25)(H,28,29)(H,24,26,27). The molecule has 0 unspecified atom stereocenters. The van der Waals surface area contributed by atoms with Crippen LogP contribution in [0.2, 0.25) is 0 Å². The van der Waals surface area contributed by atoms with Gasteiger partial charge < -0.3 is 15.4 Å². The van der Waals surface area contributed by atoms with Gasteiger partial charge in [-0.1, -0.05) is 19.1 Å². The molecule has 0 saturated carbocycles. The summed E-state index contributed by atoms with van der Waals surface area (Å²) in [6, 6.07) is 9.27. The topological polar surface area (TPSA) is 140 Å². The smallest absolute Gasteiger partial charge is 0.338 e. The zero-order chi connectivity index (χ0) is 20.4. The highest BCUT2D eigenvalue weighted by atomic mass is 16.4. The zero-order valence-electron chi connectivity index (χ0n) is 15.3. The monoisotopic (exact) mass is 385 g/mol. The van der Waals surface area contributed by atoms with Gasteiger partial charge >= 0.3 is 5.97 Å². The van der Waals surface area contributed by atoms with Crippen molar-refractivity contribution in [3.05, 3.63) is 59.9 Å². The first kappa shape index (κ1) is 18.1. The lowest BCUT2D eigenvalue weighted by Gasteiger charge is -2.10. The number of anilines is 2. The number of nitrogens with zero attached hydrogens (tertiary/aromatic N) is 5. The summed E-state index contributed by atoms with van der Waals surface area (Å²) in [4.78, 5) is 31.7. The van der Waals surface area contributed by atoms with Crippen LogP contribution < -0.4 is 5.32 Å². The van der Waals surface area contributed by atoms with E-state index in [0.717, 1.165) is 0 Å². The summed E-state index contributed by atoms with van der Waals surface area (Å²) in [6.45, 7) is 1.93. The molecule has 4 rings (SSSR count). The Labute approximate surface area is 165 Å². The molecule has 0 atom stereocenters. The molecule has 142 valence electrons. The molecule has 0 amide bonds. The van der Waals surface area contributed by atoms with E-state index in [-0.39, 0.29) is 11.3 Å². The number of nitrogens with one attached hydrogen (secondary N) is 2. The number of rotatable bonds is 5. The molecule has 29 heavy (non-hydrogen) atoms. The van der Waals surface area contributed by atoms with E-state index in [9.17, 15) is 15.2 Å². The molecule has 0 spiro atoms. The van der Waals surface area contributed by atoms with E-state index in [4.69, 9.17) is 0 Å². The molecular formula is C20H15N7O2. The normalized spacial score (nSPS) is 10.6. The summed E-state index contributed by atoms with van der Waals surface area (Å²) in [5.74, 6) is -0.120. The zero-order valence-corrected chi connectivity index (χ0v) is 15.3. The van der Waals surface area contributed by atoms with Crippen molar-refractivity contribution < 1.29 is 9.90 Å². The highest BCUT2D eigenvalue weighted by Gasteiger charge is 2.19. The molecule has 3 aromatic heterocycles. The van der Waals surface area contributed by atoms with Crippen molar-refractivity contribution >= 4 is 28.5 Å². The third kappa shape index (κ3) is 3.35. The fourth-order valence-electron chi connectivity index (χ4n) is 3.01. The third-order valence-corrected chi connectivity index (χ3v) is 4.33. The Balaban J connectivity index is 1.84. The number of carbonyl (C=O) groups is 1. The van der Waals surface area contributed by atoms with Crippen LogP contribution in [0.4, 0.5) is 11.5 Å². The summed E-state index contributed by atoms with van der Waals surface area (Å²) in [5.41, 5.74) is 2.65. The van der Waals surface area contributed by atoms with Crippen molar-refractivity contribution in [3.8, 4) is 17.3 Å². The number of H-pyrrole nitrogens is 1. The van der Waals surface area contributed by atoms with E-state index >= 15 is 0 Å². The van der Waals surface area contributed by atoms with Gasteiger partial charge in [-0.15, -0.1) is 0 Å². The number of benzene rings is 1. The molecule has 0 aliphatic carbocycles. The molecule has 0 aliphatic heterocycles. The molecule has 0 fully saturated rings. The third-order valence-electron chi connectivity index (χ3n) is 4.33. The number of aromatic amines is 1. The van der Waals surface area contributed by atoms with Gasteiger partial charge in [-0.05, 0) is 12.1 Å². The van der Waals surface area contributed by atoms with Gasteiger partial charge in [-0.3, -0.25) is 0 Å². The molecule has 9 nitrogen and oxygen atoms in total. The van der Waals surface area contributed by atoms with Crippen LogP contribution in [0.5, 0.6) is 0 Å². The SMILES string of the molecule is CCc1nc(-c2cccc(Nc3nccnc3C#N)c2)c2c(C(=O)O)c[nH]c2n1. The van der Waals surface area contributed by atoms with E-state index in [1.54, 1.807) is 0 Å². The number of aromatic carboxylic acids is 1. The van der Waals surface area contributed by atoms with Crippen LogP contribution in [-0.2, 0) is 6.42 Å². The van der Waals surface area contributed by atoms with E-state index in [1.807, 2.05) is 37.3 Å². The average Bonchev–Trinajstić information content (AvgIpc) is 3.18. The Hall–Kier alpha value is -4.32. The highest BCUT2D eigenvalue weighted by Crippen LogP contribution is 2.31. The summed E-state index contributed by atoms with van der Waals surface area (Å²) < 4.78 is 0. The van der Waals surface area contributed by atoms with Crippen LogP contribution in [0.15, 0.2) is 42.9 Å². The number of aryl methyl sites for hydroxylation is 1. The Morgan fingerprint density at radius 3 is 2.86 bits per heavy atom. The average molecular weight is 385 g/mol. The first-order valence-electron chi connectivity index (χ1n) is 8.80. The molecule has 9 heteroatoms. The van der Waals surface area contributed by atoms with Crippen LogP contribution in [0.1, 0.15) is 28.8 Å². The van der Waals surface area contributed by atoms with Crippen LogP contribution in [0, 0.1) is 11.3 Å². The second-order valence-corrected chi connectivity index (χ2v) is 6.14. The Morgan fingerprint density at radius 2 is 2.10 bits per heavy atom. The molecule has 4 aromatic rings. The van der Waals surface area contributed by atoms with Crippen LogP contribution in [0.25, 0.3) is 22.3 Å². The fraction of sp³-hybridized carbons (Fsp3) is 0.100. The van der Waals surface area contributed by atoms with Crippen molar-refractivity contribution in [1.29, 1.82) is 5.26 Å². The molecular weight excluding hydrogens is 370 g/mol. The van der Waals surface area contributed by atoms with Crippen molar-refractivity contribution in [3.63, 3.8) is 0 Å². The minimum atomic E-state index is -1.06. The maximum atomic E-state index is 11.7. The molecule has 0 radical (unpaired) electrons. The number of aromatic nitrogens is 5. The lowest BCUT2D eigenvalue weighted by atomic mass is 10.1. The number of carboxylic acids is 1. The molecule has 1 aromatic carbocycles. The van der Waals surface area contributed by atoms with Gasteiger partial charge in [0, 0.05) is 36.3 Å². The van der Waals surface area contributed by atoms with Gasteiger partial charge in [0.25, 0.3) is 0 Å². The quantitative estimate of drug-likeness (QED) is 0.475. The van der Waals surface area contributed by atoms with E-state index in [1.165, 1.54) is 18.6 Å². The molecule has 0 saturated heterocycles. The first-order chi connectivity index (χ1) is 14.1. The van der Waals surface area contributed by atoms with Gasteiger partial charge in [0.15, 0.2) is 11.5 Å². The van der Waals surface area contributed by atoms with E-state index < -0.39 is 5.97 Å². The molecule has 0 aliphatic rings. The molecule has 3 N–H and O–H groups in total. The summed E-state index contributed by atoms with van der Waals surface area (Å²) in [6.07, 6.45) is 4.97. The van der Waals surface area contributed by atoms with Gasteiger partial charge in [-0.2, -0.15) is 5.26 Å². The van der Waals surface area contributed by atoms with Crippen LogP contribution >= 0.6 is 0 Å². The number of fused-ring (bicyclic) bond motifs is 1. The number of nitriles is 1. The number of hydrogen-bond donors (Lipinski definition) is 3. The van der Waals surface area contributed by atoms with Gasteiger partial charge in [0.05, 0.1) is 16.6 Å². The second-order valence-electron chi connectivity index (χ2n) is 6.14. The van der Waals surface area contributed by atoms with Crippen LogP contribution in [0.3, 0.4) is 0 Å². The Kier molecular flexibility index (Phi) is 4.58. The van der Waals surface area contributed by atoms with Crippen molar-refractivity contribution in [2.24, 2.45) is 0 Å². The number of carboxylic acid groups (broad SMARTS) is 1. The lowest BCUT2D eigenvalue weighted by molar-refractivity contribution is 0.0699. The Morgan fingerprint density at radius 1 is 1.28 bits per heavy atom. The van der Waals surface area contributed by atoms with Crippen molar-refractivity contribution in [2.75, 3.05) is 5.32 Å². The highest BCUT2D eigenvalue weighted by molar-refractivity contribution is 6.07. The first-order valence-corrected chi connectivity index (χ1v) is 8.80. The van der Waals surface area contributed by atoms with Crippen LogP contribution in [-0.4, -0.2) is 36.0 Å². The second kappa shape index (κ2) is 7.36. The minimum Gasteiger partial charge on any atom is -0.478 e. The minimum absolute atomic E-state index is 0.108. The largest absolute Gasteiger partial charge is 0.478 e.